The van der Waals surface area contributed by atoms with E-state index in [-0.39, 0.29) is 30.6 Å². The number of hydrazine groups is 1. The summed E-state index contributed by atoms with van der Waals surface area (Å²) in [6.07, 6.45) is 2.76. The second-order valence-electron chi connectivity index (χ2n) is 7.40. The SMILES string of the molecule is CCOC(=O)c1ocnc1N1NC(C(=O)NCc2ccc(OC)cc2OC)c2cc(C)ncc21. The monoisotopic (exact) mass is 467 g/mol. The minimum atomic E-state index is -0.757. The van der Waals surface area contributed by atoms with E-state index in [1.807, 2.05) is 19.1 Å². The number of hydrogen-bond donors (Lipinski definition) is 2. The number of esters is 1. The first-order valence-electron chi connectivity index (χ1n) is 10.6. The molecule has 0 bridgehead atoms. The molecule has 4 rings (SSSR count). The van der Waals surface area contributed by atoms with Crippen LogP contribution in [0.5, 0.6) is 11.5 Å². The fourth-order valence-corrected chi connectivity index (χ4v) is 3.65. The van der Waals surface area contributed by atoms with Gasteiger partial charge < -0.3 is 23.9 Å². The normalized spacial score (nSPS) is 14.5. The lowest BCUT2D eigenvalue weighted by atomic mass is 10.1. The maximum absolute atomic E-state index is 13.2. The van der Waals surface area contributed by atoms with E-state index in [1.54, 1.807) is 39.5 Å². The fourth-order valence-electron chi connectivity index (χ4n) is 3.65. The molecule has 11 heteroatoms. The second kappa shape index (κ2) is 9.79. The molecule has 0 radical (unpaired) electrons. The van der Waals surface area contributed by atoms with E-state index < -0.39 is 12.0 Å². The summed E-state index contributed by atoms with van der Waals surface area (Å²) in [5, 5.41) is 4.44. The highest BCUT2D eigenvalue weighted by Gasteiger charge is 2.38. The zero-order valence-electron chi connectivity index (χ0n) is 19.2. The van der Waals surface area contributed by atoms with Crippen LogP contribution in [-0.2, 0) is 16.1 Å². The molecule has 0 fully saturated rings. The topological polar surface area (TPSA) is 128 Å². The van der Waals surface area contributed by atoms with Crippen LogP contribution in [0.1, 0.15) is 40.3 Å². The molecule has 11 nitrogen and oxygen atoms in total. The number of benzene rings is 1. The summed E-state index contributed by atoms with van der Waals surface area (Å²) in [7, 11) is 3.13. The number of aromatic nitrogens is 2. The van der Waals surface area contributed by atoms with Crippen molar-refractivity contribution in [3.05, 3.63) is 59.4 Å². The number of aryl methyl sites for hydroxylation is 1. The highest BCUT2D eigenvalue weighted by atomic mass is 16.5. The summed E-state index contributed by atoms with van der Waals surface area (Å²) in [4.78, 5) is 34.0. The highest BCUT2D eigenvalue weighted by molar-refractivity contribution is 5.94. The Bertz CT molecular complexity index is 1210. The maximum atomic E-state index is 13.2. The predicted molar refractivity (Wildman–Crippen MR) is 121 cm³/mol. The van der Waals surface area contributed by atoms with Crippen molar-refractivity contribution in [1.82, 2.24) is 20.7 Å². The van der Waals surface area contributed by atoms with Crippen molar-refractivity contribution in [1.29, 1.82) is 0 Å². The van der Waals surface area contributed by atoms with Crippen molar-refractivity contribution in [3.63, 3.8) is 0 Å². The molecule has 1 amide bonds. The van der Waals surface area contributed by atoms with Gasteiger partial charge >= 0.3 is 5.97 Å². The van der Waals surface area contributed by atoms with Gasteiger partial charge in [0.05, 0.1) is 32.7 Å². The summed E-state index contributed by atoms with van der Waals surface area (Å²) in [5.41, 5.74) is 5.90. The molecule has 1 aliphatic heterocycles. The van der Waals surface area contributed by atoms with Gasteiger partial charge in [-0.2, -0.15) is 4.98 Å². The van der Waals surface area contributed by atoms with Gasteiger partial charge in [0.15, 0.2) is 6.39 Å². The van der Waals surface area contributed by atoms with Gasteiger partial charge in [0.1, 0.15) is 17.5 Å². The summed E-state index contributed by atoms with van der Waals surface area (Å²) in [6, 6.07) is 6.43. The number of methoxy groups -OCH3 is 2. The van der Waals surface area contributed by atoms with Gasteiger partial charge in [-0.1, -0.05) is 0 Å². The Hall–Kier alpha value is -4.12. The number of carbonyl (C=O) groups excluding carboxylic acids is 2. The first-order valence-corrected chi connectivity index (χ1v) is 10.6. The molecule has 1 atom stereocenters. The summed E-state index contributed by atoms with van der Waals surface area (Å²) >= 11 is 0. The lowest BCUT2D eigenvalue weighted by molar-refractivity contribution is -0.123. The molecule has 0 saturated heterocycles. The Balaban J connectivity index is 1.58. The highest BCUT2D eigenvalue weighted by Crippen LogP contribution is 2.38. The number of nitrogens with one attached hydrogen (secondary N) is 2. The number of hydrogen-bond acceptors (Lipinski definition) is 10. The minimum Gasteiger partial charge on any atom is -0.497 e. The number of anilines is 2. The fraction of sp³-hybridized carbons (Fsp3) is 0.304. The van der Waals surface area contributed by atoms with Crippen molar-refractivity contribution < 1.29 is 28.2 Å². The summed E-state index contributed by atoms with van der Waals surface area (Å²) in [6.45, 7) is 3.95. The number of carbonyl (C=O) groups is 2. The van der Waals surface area contributed by atoms with Gasteiger partial charge in [0, 0.05) is 29.4 Å². The van der Waals surface area contributed by atoms with Crippen molar-refractivity contribution in [2.45, 2.75) is 26.4 Å². The maximum Gasteiger partial charge on any atom is 0.378 e. The Morgan fingerprint density at radius 1 is 1.21 bits per heavy atom. The largest absolute Gasteiger partial charge is 0.497 e. The second-order valence-corrected chi connectivity index (χ2v) is 7.40. The van der Waals surface area contributed by atoms with Gasteiger partial charge in [-0.15, -0.1) is 0 Å². The number of amides is 1. The van der Waals surface area contributed by atoms with Crippen LogP contribution in [0.4, 0.5) is 11.5 Å². The van der Waals surface area contributed by atoms with E-state index in [0.29, 0.717) is 22.7 Å². The third-order valence-electron chi connectivity index (χ3n) is 5.29. The molecule has 0 spiro atoms. The lowest BCUT2D eigenvalue weighted by Gasteiger charge is -2.18. The van der Waals surface area contributed by atoms with E-state index in [4.69, 9.17) is 18.6 Å². The van der Waals surface area contributed by atoms with Crippen molar-refractivity contribution in [2.75, 3.05) is 25.8 Å². The third-order valence-corrected chi connectivity index (χ3v) is 5.29. The summed E-state index contributed by atoms with van der Waals surface area (Å²) < 4.78 is 20.9. The molecule has 1 aliphatic rings. The number of fused-ring (bicyclic) bond motifs is 1. The van der Waals surface area contributed by atoms with Crippen LogP contribution in [0.15, 0.2) is 41.3 Å². The Morgan fingerprint density at radius 3 is 2.76 bits per heavy atom. The van der Waals surface area contributed by atoms with Crippen molar-refractivity contribution >= 4 is 23.4 Å². The number of ether oxygens (including phenoxy) is 3. The van der Waals surface area contributed by atoms with E-state index in [2.05, 4.69) is 20.7 Å². The molecular formula is C23H25N5O6. The quantitative estimate of drug-likeness (QED) is 0.477. The van der Waals surface area contributed by atoms with Gasteiger partial charge in [0.25, 0.3) is 5.76 Å². The van der Waals surface area contributed by atoms with E-state index in [0.717, 1.165) is 17.7 Å². The molecule has 2 N–H and O–H groups in total. The first-order chi connectivity index (χ1) is 16.5. The molecule has 3 aromatic rings. The molecule has 1 unspecified atom stereocenters. The van der Waals surface area contributed by atoms with E-state index in [9.17, 15) is 9.59 Å². The van der Waals surface area contributed by atoms with Gasteiger partial charge in [-0.3, -0.25) is 14.8 Å². The van der Waals surface area contributed by atoms with E-state index >= 15 is 0 Å². The van der Waals surface area contributed by atoms with Crippen LogP contribution in [0.3, 0.4) is 0 Å². The Labute approximate surface area is 196 Å². The van der Waals surface area contributed by atoms with Crippen LogP contribution in [-0.4, -0.2) is 42.7 Å². The Kier molecular flexibility index (Phi) is 6.64. The average molecular weight is 467 g/mol. The van der Waals surface area contributed by atoms with Gasteiger partial charge in [-0.25, -0.2) is 10.2 Å². The van der Waals surface area contributed by atoms with Gasteiger partial charge in [-0.05, 0) is 32.0 Å². The number of nitrogens with zero attached hydrogens (tertiary/aromatic N) is 3. The Morgan fingerprint density at radius 2 is 2.03 bits per heavy atom. The molecule has 2 aromatic heterocycles. The third kappa shape index (κ3) is 4.37. The summed E-state index contributed by atoms with van der Waals surface area (Å²) in [5.74, 6) is 0.415. The van der Waals surface area contributed by atoms with Crippen LogP contribution < -0.4 is 25.2 Å². The molecular weight excluding hydrogens is 442 g/mol. The zero-order valence-corrected chi connectivity index (χ0v) is 19.2. The number of oxazole rings is 1. The van der Waals surface area contributed by atoms with E-state index in [1.165, 1.54) is 5.01 Å². The van der Waals surface area contributed by atoms with Gasteiger partial charge in [0.2, 0.25) is 11.7 Å². The van der Waals surface area contributed by atoms with Crippen LogP contribution >= 0.6 is 0 Å². The van der Waals surface area contributed by atoms with Crippen LogP contribution in [0.2, 0.25) is 0 Å². The predicted octanol–water partition coefficient (Wildman–Crippen LogP) is 2.59. The standard InChI is InChI=1S/C23H25N5O6/c1-5-33-23(30)20-21(26-12-34-20)28-17-11-24-13(2)8-16(17)19(27-28)22(29)25-10-14-6-7-15(31-3)9-18(14)32-4/h6-9,11-12,19,27H,5,10H2,1-4H3,(H,25,29). The number of rotatable bonds is 8. The minimum absolute atomic E-state index is 0.0788. The van der Waals surface area contributed by atoms with Crippen LogP contribution in [0, 0.1) is 6.92 Å². The molecule has 0 saturated carbocycles. The van der Waals surface area contributed by atoms with Crippen molar-refractivity contribution in [2.24, 2.45) is 0 Å². The molecule has 1 aromatic carbocycles. The number of pyridine rings is 1. The molecule has 0 aliphatic carbocycles. The molecule has 3 heterocycles. The smallest absolute Gasteiger partial charge is 0.378 e. The van der Waals surface area contributed by atoms with Crippen molar-refractivity contribution in [3.8, 4) is 11.5 Å². The lowest BCUT2D eigenvalue weighted by Crippen LogP contribution is -2.39. The molecule has 178 valence electrons. The molecule has 34 heavy (non-hydrogen) atoms. The average Bonchev–Trinajstić information content (AvgIpc) is 3.47. The van der Waals surface area contributed by atoms with Crippen LogP contribution in [0.25, 0.3) is 0 Å². The zero-order chi connectivity index (χ0) is 24.2. The first kappa shape index (κ1) is 23.1.